The highest BCUT2D eigenvalue weighted by atomic mass is 35.5. The highest BCUT2D eigenvalue weighted by Gasteiger charge is 2.14. The maximum Gasteiger partial charge on any atom is 0.271 e. The molecule has 0 bridgehead atoms. The largest absolute Gasteiger partial charge is 0.343 e. The van der Waals surface area contributed by atoms with E-state index in [0.717, 1.165) is 5.69 Å². The van der Waals surface area contributed by atoms with Gasteiger partial charge in [0.05, 0.1) is 23.5 Å². The molecule has 9 nitrogen and oxygen atoms in total. The van der Waals surface area contributed by atoms with E-state index in [-0.39, 0.29) is 18.1 Å². The van der Waals surface area contributed by atoms with Crippen LogP contribution in [0, 0.1) is 0 Å². The van der Waals surface area contributed by atoms with Gasteiger partial charge >= 0.3 is 0 Å². The summed E-state index contributed by atoms with van der Waals surface area (Å²) in [5.74, 6) is 0.539. The van der Waals surface area contributed by atoms with Gasteiger partial charge in [-0.25, -0.2) is 9.97 Å². The number of hydrogen-bond acceptors (Lipinski definition) is 6. The van der Waals surface area contributed by atoms with Gasteiger partial charge in [-0.05, 0) is 22.6 Å². The van der Waals surface area contributed by atoms with Crippen LogP contribution in [-0.2, 0) is 6.54 Å². The number of amides is 1. The molecule has 1 aromatic carbocycles. The fourth-order valence-corrected chi connectivity index (χ4v) is 2.46. The Morgan fingerprint density at radius 1 is 1.20 bits per heavy atom. The quantitative estimate of drug-likeness (QED) is 0.592. The Morgan fingerprint density at radius 3 is 2.88 bits per heavy atom. The van der Waals surface area contributed by atoms with E-state index in [1.54, 1.807) is 21.5 Å². The van der Waals surface area contributed by atoms with Crippen LogP contribution in [0.4, 0.5) is 0 Å². The molecule has 0 spiro atoms. The first-order valence-electron chi connectivity index (χ1n) is 7.32. The highest BCUT2D eigenvalue weighted by Crippen LogP contribution is 2.10. The molecular formula is C15H11ClN8O. The molecule has 1 amide bonds. The van der Waals surface area contributed by atoms with Crippen LogP contribution in [0.2, 0.25) is 5.02 Å². The van der Waals surface area contributed by atoms with Crippen molar-refractivity contribution in [2.24, 2.45) is 0 Å². The van der Waals surface area contributed by atoms with E-state index >= 15 is 0 Å². The van der Waals surface area contributed by atoms with Gasteiger partial charge in [-0.1, -0.05) is 29.8 Å². The van der Waals surface area contributed by atoms with Gasteiger partial charge in [-0.3, -0.25) is 9.20 Å². The number of carbonyl (C=O) groups excluding carboxylic acids is 1. The van der Waals surface area contributed by atoms with E-state index in [0.29, 0.717) is 16.6 Å². The topological polar surface area (TPSA) is 103 Å². The van der Waals surface area contributed by atoms with Crippen LogP contribution in [0.25, 0.3) is 11.5 Å². The van der Waals surface area contributed by atoms with E-state index in [4.69, 9.17) is 11.6 Å². The van der Waals surface area contributed by atoms with E-state index < -0.39 is 0 Å². The Balaban J connectivity index is 1.51. The van der Waals surface area contributed by atoms with Gasteiger partial charge in [-0.15, -0.1) is 5.10 Å². The highest BCUT2D eigenvalue weighted by molar-refractivity contribution is 6.30. The first-order chi connectivity index (χ1) is 12.2. The molecule has 0 radical (unpaired) electrons. The average Bonchev–Trinajstić information content (AvgIpc) is 3.26. The fourth-order valence-electron chi connectivity index (χ4n) is 2.30. The maximum absolute atomic E-state index is 12.3. The number of nitrogens with one attached hydrogen (secondary N) is 1. The van der Waals surface area contributed by atoms with Crippen LogP contribution in [-0.4, -0.2) is 40.5 Å². The smallest absolute Gasteiger partial charge is 0.271 e. The zero-order valence-electron chi connectivity index (χ0n) is 12.7. The van der Waals surface area contributed by atoms with E-state index in [2.05, 4.69) is 30.8 Å². The second-order valence-corrected chi connectivity index (χ2v) is 5.57. The van der Waals surface area contributed by atoms with Crippen LogP contribution in [0.1, 0.15) is 16.3 Å². The van der Waals surface area contributed by atoms with E-state index in [1.807, 2.05) is 30.3 Å². The molecule has 0 atom stereocenters. The number of tetrazole rings is 1. The summed E-state index contributed by atoms with van der Waals surface area (Å²) in [5, 5.41) is 14.8. The summed E-state index contributed by atoms with van der Waals surface area (Å²) in [6, 6.07) is 9.42. The summed E-state index contributed by atoms with van der Waals surface area (Å²) in [4.78, 5) is 20.5. The lowest BCUT2D eigenvalue weighted by molar-refractivity contribution is 0.0945. The third-order valence-electron chi connectivity index (χ3n) is 3.45. The minimum atomic E-state index is -0.357. The van der Waals surface area contributed by atoms with Crippen LogP contribution >= 0.6 is 11.6 Å². The van der Waals surface area contributed by atoms with Crippen molar-refractivity contribution in [2.45, 2.75) is 6.54 Å². The summed E-state index contributed by atoms with van der Waals surface area (Å²) < 4.78 is 3.15. The molecule has 1 N–H and O–H groups in total. The molecule has 3 heterocycles. The monoisotopic (exact) mass is 354 g/mol. The SMILES string of the molecule is O=C(NCc1nnnn1-c1ccccc1)c1cn2cc(Cl)cnc2n1. The molecular weight excluding hydrogens is 344 g/mol. The Bertz CT molecular complexity index is 1040. The lowest BCUT2D eigenvalue weighted by atomic mass is 10.3. The summed E-state index contributed by atoms with van der Waals surface area (Å²) >= 11 is 5.88. The number of rotatable bonds is 4. The predicted octanol–water partition coefficient (Wildman–Crippen LogP) is 1.29. The Hall–Kier alpha value is -3.33. The molecule has 4 aromatic rings. The zero-order valence-corrected chi connectivity index (χ0v) is 13.5. The number of imidazole rings is 1. The van der Waals surface area contributed by atoms with Crippen molar-refractivity contribution in [3.63, 3.8) is 0 Å². The molecule has 3 aromatic heterocycles. The molecule has 0 fully saturated rings. The summed E-state index contributed by atoms with van der Waals surface area (Å²) in [7, 11) is 0. The molecule has 0 unspecified atom stereocenters. The normalized spacial score (nSPS) is 10.9. The number of hydrogen-bond donors (Lipinski definition) is 1. The van der Waals surface area contributed by atoms with Crippen LogP contribution < -0.4 is 5.32 Å². The second kappa shape index (κ2) is 6.29. The third-order valence-corrected chi connectivity index (χ3v) is 3.65. The number of carbonyl (C=O) groups is 1. The molecule has 0 saturated carbocycles. The number of aromatic nitrogens is 7. The van der Waals surface area contributed by atoms with Crippen LogP contribution in [0.3, 0.4) is 0 Å². The second-order valence-electron chi connectivity index (χ2n) is 5.13. The molecule has 0 aliphatic heterocycles. The van der Waals surface area contributed by atoms with Crippen molar-refractivity contribution < 1.29 is 4.79 Å². The fraction of sp³-hybridized carbons (Fsp3) is 0.0667. The van der Waals surface area contributed by atoms with Gasteiger partial charge in [0.15, 0.2) is 5.82 Å². The minimum Gasteiger partial charge on any atom is -0.343 e. The molecule has 124 valence electrons. The number of benzene rings is 1. The van der Waals surface area contributed by atoms with E-state index in [1.165, 1.54) is 6.20 Å². The Labute approximate surface area is 146 Å². The zero-order chi connectivity index (χ0) is 17.2. The van der Waals surface area contributed by atoms with Crippen molar-refractivity contribution in [1.29, 1.82) is 0 Å². The van der Waals surface area contributed by atoms with Crippen LogP contribution in [0.15, 0.2) is 48.9 Å². The minimum absolute atomic E-state index is 0.156. The van der Waals surface area contributed by atoms with Crippen molar-refractivity contribution in [1.82, 2.24) is 39.9 Å². The van der Waals surface area contributed by atoms with Crippen molar-refractivity contribution in [3.05, 3.63) is 65.5 Å². The van der Waals surface area contributed by atoms with Crippen LogP contribution in [0.5, 0.6) is 0 Å². The number of halogens is 1. The maximum atomic E-state index is 12.3. The van der Waals surface area contributed by atoms with Gasteiger partial charge < -0.3 is 5.32 Å². The van der Waals surface area contributed by atoms with Crippen molar-refractivity contribution in [2.75, 3.05) is 0 Å². The standard InChI is InChI=1S/C15H11ClN8O/c16-10-6-18-15-19-12(9-23(15)8-10)14(25)17-7-13-20-21-22-24(13)11-4-2-1-3-5-11/h1-6,8-9H,7H2,(H,17,25). The lowest BCUT2D eigenvalue weighted by Crippen LogP contribution is -2.25. The molecule has 0 aliphatic rings. The summed E-state index contributed by atoms with van der Waals surface area (Å²) in [6.45, 7) is 0.156. The molecule has 10 heteroatoms. The van der Waals surface area contributed by atoms with E-state index in [9.17, 15) is 4.79 Å². The Kier molecular flexibility index (Phi) is 3.82. The predicted molar refractivity (Wildman–Crippen MR) is 88.3 cm³/mol. The lowest BCUT2D eigenvalue weighted by Gasteiger charge is -2.05. The third kappa shape index (κ3) is 3.04. The van der Waals surface area contributed by atoms with Gasteiger partial charge in [-0.2, -0.15) is 4.68 Å². The number of nitrogens with zero attached hydrogens (tertiary/aromatic N) is 7. The van der Waals surface area contributed by atoms with Gasteiger partial charge in [0, 0.05) is 12.4 Å². The van der Waals surface area contributed by atoms with Gasteiger partial charge in [0.1, 0.15) is 5.69 Å². The number of fused-ring (bicyclic) bond motifs is 1. The van der Waals surface area contributed by atoms with Gasteiger partial charge in [0.2, 0.25) is 5.78 Å². The average molecular weight is 355 g/mol. The Morgan fingerprint density at radius 2 is 2.04 bits per heavy atom. The summed E-state index contributed by atoms with van der Waals surface area (Å²) in [5.41, 5.74) is 1.04. The van der Waals surface area contributed by atoms with Gasteiger partial charge in [0.25, 0.3) is 5.91 Å². The van der Waals surface area contributed by atoms with Crippen molar-refractivity contribution in [3.8, 4) is 5.69 Å². The summed E-state index contributed by atoms with van der Waals surface area (Å²) in [6.07, 6.45) is 4.66. The molecule has 0 aliphatic carbocycles. The first kappa shape index (κ1) is 15.2. The molecule has 4 rings (SSSR count). The molecule has 0 saturated heterocycles. The molecule has 25 heavy (non-hydrogen) atoms. The number of para-hydroxylation sites is 1. The van der Waals surface area contributed by atoms with Crippen molar-refractivity contribution >= 4 is 23.3 Å². The first-order valence-corrected chi connectivity index (χ1v) is 7.69.